The third-order valence-corrected chi connectivity index (χ3v) is 2.38. The van der Waals surface area contributed by atoms with E-state index >= 15 is 0 Å². The maximum absolute atomic E-state index is 11.2. The van der Waals surface area contributed by atoms with E-state index in [-0.39, 0.29) is 5.91 Å². The fourth-order valence-corrected chi connectivity index (χ4v) is 1.32. The number of carbonyl (C=O) groups excluding carboxylic acids is 1. The topological polar surface area (TPSA) is 29.1 Å². The third kappa shape index (κ3) is 3.20. The van der Waals surface area contributed by atoms with Crippen LogP contribution in [0.25, 0.3) is 0 Å². The van der Waals surface area contributed by atoms with Crippen molar-refractivity contribution in [1.82, 2.24) is 0 Å². The smallest absolute Gasteiger partial charge is 0.225 e. The number of anilines is 1. The molecule has 2 nitrogen and oxygen atoms in total. The van der Waals surface area contributed by atoms with Gasteiger partial charge in [-0.15, -0.1) is 11.6 Å². The van der Waals surface area contributed by atoms with Gasteiger partial charge in [-0.1, -0.05) is 11.6 Å². The van der Waals surface area contributed by atoms with Crippen LogP contribution in [0.2, 0.25) is 5.02 Å². The summed E-state index contributed by atoms with van der Waals surface area (Å²) in [6.45, 7) is 1.89. The molecule has 76 valence electrons. The van der Waals surface area contributed by atoms with E-state index in [0.717, 1.165) is 11.3 Å². The summed E-state index contributed by atoms with van der Waals surface area (Å²) in [5, 5.41) is 3.42. The molecule has 14 heavy (non-hydrogen) atoms. The number of nitrogens with one attached hydrogen (secondary N) is 1. The van der Waals surface area contributed by atoms with Crippen LogP contribution >= 0.6 is 23.2 Å². The molecule has 0 heterocycles. The molecule has 1 aromatic carbocycles. The van der Waals surface area contributed by atoms with E-state index < -0.39 is 0 Å². The summed E-state index contributed by atoms with van der Waals surface area (Å²) in [7, 11) is 0. The first-order valence-corrected chi connectivity index (χ1v) is 5.16. The normalized spacial score (nSPS) is 9.93. The molecule has 0 aliphatic rings. The van der Waals surface area contributed by atoms with Gasteiger partial charge in [0.25, 0.3) is 0 Å². The number of hydrogen-bond donors (Lipinski definition) is 1. The fourth-order valence-electron chi connectivity index (χ4n) is 1.03. The average Bonchev–Trinajstić information content (AvgIpc) is 2.12. The van der Waals surface area contributed by atoms with Crippen LogP contribution in [0.5, 0.6) is 0 Å². The zero-order chi connectivity index (χ0) is 10.6. The van der Waals surface area contributed by atoms with Crippen LogP contribution in [0.3, 0.4) is 0 Å². The molecule has 1 amide bonds. The van der Waals surface area contributed by atoms with Crippen molar-refractivity contribution >= 4 is 34.8 Å². The van der Waals surface area contributed by atoms with Gasteiger partial charge in [-0.2, -0.15) is 0 Å². The minimum Gasteiger partial charge on any atom is -0.326 e. The van der Waals surface area contributed by atoms with Crippen LogP contribution in [0.4, 0.5) is 5.69 Å². The highest BCUT2D eigenvalue weighted by atomic mass is 35.5. The van der Waals surface area contributed by atoms with Gasteiger partial charge in [-0.3, -0.25) is 4.79 Å². The predicted octanol–water partition coefficient (Wildman–Crippen LogP) is 3.22. The Morgan fingerprint density at radius 1 is 1.50 bits per heavy atom. The van der Waals surface area contributed by atoms with Crippen molar-refractivity contribution in [2.75, 3.05) is 11.2 Å². The Kier molecular flexibility index (Phi) is 4.23. The molecule has 0 unspecified atom stereocenters. The Bertz CT molecular complexity index is 339. The van der Waals surface area contributed by atoms with Crippen molar-refractivity contribution < 1.29 is 4.79 Å². The summed E-state index contributed by atoms with van der Waals surface area (Å²) >= 11 is 11.3. The van der Waals surface area contributed by atoms with E-state index in [1.165, 1.54) is 0 Å². The number of benzene rings is 1. The molecular formula is C10H11Cl2NO. The Hall–Kier alpha value is -0.730. The van der Waals surface area contributed by atoms with Crippen molar-refractivity contribution in [3.05, 3.63) is 28.8 Å². The monoisotopic (exact) mass is 231 g/mol. The van der Waals surface area contributed by atoms with Gasteiger partial charge in [-0.25, -0.2) is 0 Å². The molecular weight excluding hydrogens is 221 g/mol. The zero-order valence-corrected chi connectivity index (χ0v) is 9.32. The van der Waals surface area contributed by atoms with Crippen molar-refractivity contribution in [2.45, 2.75) is 13.3 Å². The van der Waals surface area contributed by atoms with Crippen LogP contribution in [-0.2, 0) is 4.79 Å². The van der Waals surface area contributed by atoms with Crippen LogP contribution in [0.15, 0.2) is 18.2 Å². The number of aryl methyl sites for hydroxylation is 1. The largest absolute Gasteiger partial charge is 0.326 e. The minimum absolute atomic E-state index is 0.0817. The van der Waals surface area contributed by atoms with Crippen molar-refractivity contribution in [2.24, 2.45) is 0 Å². The molecule has 4 heteroatoms. The summed E-state index contributed by atoms with van der Waals surface area (Å²) < 4.78 is 0. The lowest BCUT2D eigenvalue weighted by Gasteiger charge is -2.05. The number of amides is 1. The quantitative estimate of drug-likeness (QED) is 0.796. The van der Waals surface area contributed by atoms with Gasteiger partial charge in [0.1, 0.15) is 0 Å². The molecule has 0 aliphatic heterocycles. The van der Waals surface area contributed by atoms with Crippen LogP contribution in [-0.4, -0.2) is 11.8 Å². The second kappa shape index (κ2) is 5.23. The first kappa shape index (κ1) is 11.3. The molecule has 0 aliphatic carbocycles. The number of carbonyl (C=O) groups is 1. The molecule has 1 rings (SSSR count). The van der Waals surface area contributed by atoms with Crippen molar-refractivity contribution in [3.8, 4) is 0 Å². The molecule has 0 saturated heterocycles. The summed E-state index contributed by atoms with van der Waals surface area (Å²) in [6, 6.07) is 5.35. The van der Waals surface area contributed by atoms with Crippen LogP contribution in [0.1, 0.15) is 12.0 Å². The Morgan fingerprint density at radius 2 is 2.21 bits per heavy atom. The van der Waals surface area contributed by atoms with Crippen molar-refractivity contribution in [1.29, 1.82) is 0 Å². The highest BCUT2D eigenvalue weighted by Gasteiger charge is 2.02. The van der Waals surface area contributed by atoms with Crippen LogP contribution in [0, 0.1) is 6.92 Å². The lowest BCUT2D eigenvalue weighted by Crippen LogP contribution is -2.11. The zero-order valence-electron chi connectivity index (χ0n) is 7.81. The van der Waals surface area contributed by atoms with Gasteiger partial charge in [0.2, 0.25) is 5.91 Å². The van der Waals surface area contributed by atoms with E-state index in [2.05, 4.69) is 5.32 Å². The predicted molar refractivity (Wildman–Crippen MR) is 60.2 cm³/mol. The summed E-state index contributed by atoms with van der Waals surface area (Å²) in [5.74, 6) is 0.250. The number of hydrogen-bond acceptors (Lipinski definition) is 1. The number of alkyl halides is 1. The molecule has 0 atom stereocenters. The van der Waals surface area contributed by atoms with E-state index in [4.69, 9.17) is 23.2 Å². The minimum atomic E-state index is -0.0817. The van der Waals surface area contributed by atoms with Gasteiger partial charge in [0.05, 0.1) is 0 Å². The maximum Gasteiger partial charge on any atom is 0.225 e. The first-order chi connectivity index (χ1) is 6.63. The summed E-state index contributed by atoms with van der Waals surface area (Å²) in [5.41, 5.74) is 1.69. The third-order valence-electron chi connectivity index (χ3n) is 1.76. The Labute approximate surface area is 93.2 Å². The van der Waals surface area contributed by atoms with Crippen molar-refractivity contribution in [3.63, 3.8) is 0 Å². The average molecular weight is 232 g/mol. The molecule has 0 saturated carbocycles. The first-order valence-electron chi connectivity index (χ1n) is 4.25. The van der Waals surface area contributed by atoms with E-state index in [1.54, 1.807) is 12.1 Å². The molecule has 0 spiro atoms. The Morgan fingerprint density at radius 3 is 2.79 bits per heavy atom. The SMILES string of the molecule is Cc1cc(NC(=O)CCCl)ccc1Cl. The number of rotatable bonds is 3. The fraction of sp³-hybridized carbons (Fsp3) is 0.300. The highest BCUT2D eigenvalue weighted by molar-refractivity contribution is 6.31. The molecule has 0 aromatic heterocycles. The van der Waals surface area contributed by atoms with Gasteiger partial charge >= 0.3 is 0 Å². The van der Waals surface area contributed by atoms with Gasteiger partial charge in [-0.05, 0) is 30.7 Å². The Balaban J connectivity index is 2.68. The van der Waals surface area contributed by atoms with Gasteiger partial charge < -0.3 is 5.32 Å². The van der Waals surface area contributed by atoms with Gasteiger partial charge in [0, 0.05) is 23.0 Å². The maximum atomic E-state index is 11.2. The second-order valence-corrected chi connectivity index (χ2v) is 3.74. The molecule has 0 radical (unpaired) electrons. The van der Waals surface area contributed by atoms with Gasteiger partial charge in [0.15, 0.2) is 0 Å². The molecule has 0 fully saturated rings. The second-order valence-electron chi connectivity index (χ2n) is 2.95. The van der Waals surface area contributed by atoms with E-state index in [1.807, 2.05) is 13.0 Å². The summed E-state index contributed by atoms with van der Waals surface area (Å²) in [6.07, 6.45) is 0.323. The molecule has 1 aromatic rings. The lowest BCUT2D eigenvalue weighted by molar-refractivity contribution is -0.115. The van der Waals surface area contributed by atoms with Crippen LogP contribution < -0.4 is 5.32 Å². The lowest BCUT2D eigenvalue weighted by atomic mass is 10.2. The highest BCUT2D eigenvalue weighted by Crippen LogP contribution is 2.19. The van der Waals surface area contributed by atoms with E-state index in [9.17, 15) is 4.79 Å². The number of halogens is 2. The van der Waals surface area contributed by atoms with E-state index in [0.29, 0.717) is 17.3 Å². The molecule has 0 bridgehead atoms. The standard InChI is InChI=1S/C10H11Cl2NO/c1-7-6-8(2-3-9(7)12)13-10(14)4-5-11/h2-3,6H,4-5H2,1H3,(H,13,14). The molecule has 1 N–H and O–H groups in total. The summed E-state index contributed by atoms with van der Waals surface area (Å²) in [4.78, 5) is 11.2.